The maximum atomic E-state index is 12.7. The van der Waals surface area contributed by atoms with Crippen molar-refractivity contribution in [2.75, 3.05) is 20.2 Å². The van der Waals surface area contributed by atoms with Gasteiger partial charge in [-0.15, -0.1) is 0 Å². The maximum absolute atomic E-state index is 12.7. The highest BCUT2D eigenvalue weighted by atomic mass is 32.1. The molecule has 4 rings (SSSR count). The first-order chi connectivity index (χ1) is 14.3. The fourth-order valence-electron chi connectivity index (χ4n) is 3.37. The molecule has 1 aliphatic rings. The molecular formula is C21H19F3N2O3S. The van der Waals surface area contributed by atoms with Gasteiger partial charge in [-0.05, 0) is 36.4 Å². The number of thiazole rings is 1. The Balaban J connectivity index is 1.35. The molecule has 158 valence electrons. The number of piperidine rings is 1. The number of likely N-dealkylation sites (tertiary alicyclic amines) is 1. The monoisotopic (exact) mass is 436 g/mol. The van der Waals surface area contributed by atoms with Crippen molar-refractivity contribution in [3.63, 3.8) is 0 Å². The largest absolute Gasteiger partial charge is 0.497 e. The zero-order valence-electron chi connectivity index (χ0n) is 16.1. The number of hydrogen-bond acceptors (Lipinski definition) is 5. The number of hydrogen-bond donors (Lipinski definition) is 0. The first kappa shape index (κ1) is 20.5. The zero-order chi connectivity index (χ0) is 21.3. The topological polar surface area (TPSA) is 51.7 Å². The summed E-state index contributed by atoms with van der Waals surface area (Å²) in [5, 5.41) is 0.575. The van der Waals surface area contributed by atoms with Gasteiger partial charge in [0.2, 0.25) is 0 Å². The van der Waals surface area contributed by atoms with Crippen molar-refractivity contribution < 1.29 is 27.4 Å². The number of halogens is 3. The van der Waals surface area contributed by atoms with Crippen molar-refractivity contribution in [2.24, 2.45) is 0 Å². The Morgan fingerprint density at radius 1 is 1.13 bits per heavy atom. The predicted molar refractivity (Wildman–Crippen MR) is 107 cm³/mol. The fourth-order valence-corrected chi connectivity index (χ4v) is 4.23. The lowest BCUT2D eigenvalue weighted by Gasteiger charge is -2.31. The van der Waals surface area contributed by atoms with Gasteiger partial charge in [0.25, 0.3) is 11.1 Å². The highest BCUT2D eigenvalue weighted by Crippen LogP contribution is 2.32. The normalized spacial score (nSPS) is 15.4. The van der Waals surface area contributed by atoms with Gasteiger partial charge in [0.05, 0.1) is 22.9 Å². The molecule has 3 aromatic rings. The lowest BCUT2D eigenvalue weighted by molar-refractivity contribution is -0.137. The molecule has 0 bridgehead atoms. The van der Waals surface area contributed by atoms with Crippen LogP contribution in [0.5, 0.6) is 10.9 Å². The number of alkyl halides is 3. The molecule has 0 unspecified atom stereocenters. The second-order valence-corrected chi connectivity index (χ2v) is 7.99. The van der Waals surface area contributed by atoms with Gasteiger partial charge in [-0.25, -0.2) is 4.98 Å². The maximum Gasteiger partial charge on any atom is 0.416 e. The smallest absolute Gasteiger partial charge is 0.416 e. The van der Waals surface area contributed by atoms with Gasteiger partial charge in [0, 0.05) is 37.6 Å². The van der Waals surface area contributed by atoms with Gasteiger partial charge in [-0.1, -0.05) is 11.3 Å². The molecule has 2 heterocycles. The van der Waals surface area contributed by atoms with Gasteiger partial charge in [0.1, 0.15) is 11.9 Å². The van der Waals surface area contributed by atoms with Crippen LogP contribution in [0, 0.1) is 0 Å². The Kier molecular flexibility index (Phi) is 5.55. The van der Waals surface area contributed by atoms with Crippen LogP contribution >= 0.6 is 11.3 Å². The van der Waals surface area contributed by atoms with Gasteiger partial charge < -0.3 is 14.4 Å². The molecule has 1 aliphatic heterocycles. The van der Waals surface area contributed by atoms with Gasteiger partial charge in [-0.2, -0.15) is 13.2 Å². The van der Waals surface area contributed by atoms with Gasteiger partial charge >= 0.3 is 6.18 Å². The third-order valence-corrected chi connectivity index (χ3v) is 5.96. The van der Waals surface area contributed by atoms with Gasteiger partial charge in [-0.3, -0.25) is 4.79 Å². The summed E-state index contributed by atoms with van der Waals surface area (Å²) in [4.78, 5) is 18.7. The summed E-state index contributed by atoms with van der Waals surface area (Å²) in [6.45, 7) is 0.951. The van der Waals surface area contributed by atoms with Crippen LogP contribution in [-0.4, -0.2) is 42.1 Å². The molecule has 30 heavy (non-hydrogen) atoms. The van der Waals surface area contributed by atoms with Crippen LogP contribution in [0.25, 0.3) is 10.2 Å². The summed E-state index contributed by atoms with van der Waals surface area (Å²) in [7, 11) is 1.60. The number of methoxy groups -OCH3 is 1. The summed E-state index contributed by atoms with van der Waals surface area (Å²) in [5.41, 5.74) is 0.298. The predicted octanol–water partition coefficient (Wildman–Crippen LogP) is 5.01. The Hall–Kier alpha value is -2.81. The average molecular weight is 436 g/mol. The number of nitrogens with zero attached hydrogens (tertiary/aromatic N) is 2. The second kappa shape index (κ2) is 8.14. The van der Waals surface area contributed by atoms with E-state index in [1.165, 1.54) is 23.5 Å². The lowest BCUT2D eigenvalue weighted by atomic mass is 10.1. The Morgan fingerprint density at radius 3 is 2.47 bits per heavy atom. The molecule has 5 nitrogen and oxygen atoms in total. The number of benzene rings is 2. The van der Waals surface area contributed by atoms with Crippen molar-refractivity contribution in [1.29, 1.82) is 0 Å². The number of carbonyl (C=O) groups excluding carboxylic acids is 1. The minimum atomic E-state index is -4.41. The SMILES string of the molecule is COc1ccc2sc(OC3CCN(C(=O)c4ccc(C(F)(F)F)cc4)CC3)nc2c1. The van der Waals surface area contributed by atoms with Crippen LogP contribution < -0.4 is 9.47 Å². The number of amides is 1. The van der Waals surface area contributed by atoms with E-state index in [0.29, 0.717) is 31.1 Å². The standard InChI is InChI=1S/C21H19F3N2O3S/c1-28-16-6-7-18-17(12-16)25-20(30-18)29-15-8-10-26(11-9-15)19(27)13-2-4-14(5-3-13)21(22,23)24/h2-7,12,15H,8-11H2,1H3. The van der Waals surface area contributed by atoms with E-state index in [0.717, 1.165) is 28.1 Å². The van der Waals surface area contributed by atoms with Crippen molar-refractivity contribution in [3.05, 3.63) is 53.6 Å². The highest BCUT2D eigenvalue weighted by molar-refractivity contribution is 7.20. The third kappa shape index (κ3) is 4.35. The first-order valence-electron chi connectivity index (χ1n) is 9.41. The third-order valence-electron chi connectivity index (χ3n) is 5.03. The molecule has 1 fully saturated rings. The van der Waals surface area contributed by atoms with Crippen LogP contribution in [0.3, 0.4) is 0 Å². The van der Waals surface area contributed by atoms with E-state index in [-0.39, 0.29) is 17.6 Å². The van der Waals surface area contributed by atoms with E-state index >= 15 is 0 Å². The van der Waals surface area contributed by atoms with Crippen LogP contribution in [0.4, 0.5) is 13.2 Å². The molecule has 0 saturated carbocycles. The summed E-state index contributed by atoms with van der Waals surface area (Å²) >= 11 is 1.46. The van der Waals surface area contributed by atoms with E-state index in [1.54, 1.807) is 12.0 Å². The molecular weight excluding hydrogens is 417 g/mol. The molecule has 1 saturated heterocycles. The molecule has 0 spiro atoms. The van der Waals surface area contributed by atoms with E-state index < -0.39 is 11.7 Å². The minimum absolute atomic E-state index is 0.0656. The van der Waals surface area contributed by atoms with E-state index in [9.17, 15) is 18.0 Å². The number of fused-ring (bicyclic) bond motifs is 1. The molecule has 1 amide bonds. The summed E-state index contributed by atoms with van der Waals surface area (Å²) in [6.07, 6.45) is -3.22. The second-order valence-electron chi connectivity index (χ2n) is 7.00. The van der Waals surface area contributed by atoms with Crippen LogP contribution in [0.2, 0.25) is 0 Å². The molecule has 0 N–H and O–H groups in total. The summed E-state index contributed by atoms with van der Waals surface area (Å²) < 4.78 is 50.3. The van der Waals surface area contributed by atoms with E-state index in [1.807, 2.05) is 18.2 Å². The molecule has 0 aliphatic carbocycles. The number of carbonyl (C=O) groups is 1. The van der Waals surface area contributed by atoms with Crippen LogP contribution in [0.15, 0.2) is 42.5 Å². The van der Waals surface area contributed by atoms with Crippen LogP contribution in [0.1, 0.15) is 28.8 Å². The van der Waals surface area contributed by atoms with Crippen molar-refractivity contribution in [3.8, 4) is 10.9 Å². The molecule has 0 atom stereocenters. The molecule has 9 heteroatoms. The zero-order valence-corrected chi connectivity index (χ0v) is 16.9. The Morgan fingerprint density at radius 2 is 1.83 bits per heavy atom. The number of aromatic nitrogens is 1. The quantitative estimate of drug-likeness (QED) is 0.577. The van der Waals surface area contributed by atoms with Gasteiger partial charge in [0.15, 0.2) is 0 Å². The van der Waals surface area contributed by atoms with E-state index in [2.05, 4.69) is 4.98 Å². The Labute approximate surface area is 175 Å². The fraction of sp³-hybridized carbons (Fsp3) is 0.333. The number of rotatable bonds is 4. The van der Waals surface area contributed by atoms with Crippen molar-refractivity contribution in [1.82, 2.24) is 9.88 Å². The summed E-state index contributed by atoms with van der Waals surface area (Å²) in [5.74, 6) is 0.462. The number of ether oxygens (including phenoxy) is 2. The first-order valence-corrected chi connectivity index (χ1v) is 10.2. The highest BCUT2D eigenvalue weighted by Gasteiger charge is 2.31. The van der Waals surface area contributed by atoms with E-state index in [4.69, 9.17) is 9.47 Å². The van der Waals surface area contributed by atoms with Crippen molar-refractivity contribution in [2.45, 2.75) is 25.1 Å². The van der Waals surface area contributed by atoms with Crippen molar-refractivity contribution >= 4 is 27.5 Å². The lowest BCUT2D eigenvalue weighted by Crippen LogP contribution is -2.41. The average Bonchev–Trinajstić information content (AvgIpc) is 3.14. The molecule has 1 aromatic heterocycles. The minimum Gasteiger partial charge on any atom is -0.497 e. The summed E-state index contributed by atoms with van der Waals surface area (Å²) in [6, 6.07) is 9.98. The molecule has 2 aromatic carbocycles. The Bertz CT molecular complexity index is 1040. The van der Waals surface area contributed by atoms with Crippen LogP contribution in [-0.2, 0) is 6.18 Å². The molecule has 0 radical (unpaired) electrons.